The Bertz CT molecular complexity index is 1740. The molecule has 0 aliphatic rings. The monoisotopic (exact) mass is 496 g/mol. The van der Waals surface area contributed by atoms with E-state index in [1.165, 1.54) is 11.1 Å². The second-order valence-corrected chi connectivity index (χ2v) is 9.43. The van der Waals surface area contributed by atoms with Crippen molar-refractivity contribution in [3.63, 3.8) is 0 Å². The van der Waals surface area contributed by atoms with Crippen LogP contribution in [0.15, 0.2) is 48.7 Å². The summed E-state index contributed by atoms with van der Waals surface area (Å²) in [5.74, 6) is 1.53. The minimum atomic E-state index is 0.527. The number of nitrogens with zero attached hydrogens (tertiary/aromatic N) is 7. The number of nitrogens with one attached hydrogen (secondary N) is 1. The SMILES string of the molecule is CCc1nc2c(C)c(C)c(C)nc2n1-c1ccc2c(ccn2Cc2c(Cl)cccc2-c2nn[nH]n2)c1. The van der Waals surface area contributed by atoms with Crippen LogP contribution in [0, 0.1) is 20.8 Å². The summed E-state index contributed by atoms with van der Waals surface area (Å²) in [6.07, 6.45) is 2.90. The fourth-order valence-electron chi connectivity index (χ4n) is 4.85. The van der Waals surface area contributed by atoms with Crippen molar-refractivity contribution in [2.75, 3.05) is 0 Å². The van der Waals surface area contributed by atoms with E-state index in [9.17, 15) is 0 Å². The number of aromatic nitrogens is 8. The third-order valence-electron chi connectivity index (χ3n) is 7.02. The standard InChI is InChI=1S/C27H25ClN8/c1-5-24-30-25-16(3)15(2)17(4)29-27(25)36(24)19-9-10-23-18(13-19)11-12-35(23)14-21-20(7-6-8-22(21)28)26-31-33-34-32-26/h6-13H,5,14H2,1-4H3,(H,31,32,33,34). The molecule has 6 aromatic rings. The molecule has 0 radical (unpaired) electrons. The molecular weight excluding hydrogens is 472 g/mol. The van der Waals surface area contributed by atoms with Gasteiger partial charge in [0, 0.05) is 57.6 Å². The maximum Gasteiger partial charge on any atom is 0.205 e. The van der Waals surface area contributed by atoms with E-state index in [4.69, 9.17) is 21.6 Å². The molecule has 0 spiro atoms. The van der Waals surface area contributed by atoms with Gasteiger partial charge in [-0.25, -0.2) is 9.97 Å². The molecule has 0 aliphatic carbocycles. The number of pyridine rings is 1. The Hall–Kier alpha value is -4.04. The van der Waals surface area contributed by atoms with E-state index in [0.29, 0.717) is 17.4 Å². The van der Waals surface area contributed by atoms with Crippen LogP contribution in [0.3, 0.4) is 0 Å². The number of halogens is 1. The predicted molar refractivity (Wildman–Crippen MR) is 142 cm³/mol. The highest BCUT2D eigenvalue weighted by Gasteiger charge is 2.18. The molecule has 0 saturated carbocycles. The van der Waals surface area contributed by atoms with E-state index in [2.05, 4.69) is 87.9 Å². The maximum absolute atomic E-state index is 6.62. The highest BCUT2D eigenvalue weighted by molar-refractivity contribution is 6.31. The van der Waals surface area contributed by atoms with Gasteiger partial charge < -0.3 is 4.57 Å². The average molecular weight is 497 g/mol. The van der Waals surface area contributed by atoms with Crippen molar-refractivity contribution in [3.05, 3.63) is 81.9 Å². The Morgan fingerprint density at radius 2 is 1.86 bits per heavy atom. The van der Waals surface area contributed by atoms with Gasteiger partial charge in [0.1, 0.15) is 11.3 Å². The molecule has 0 saturated heterocycles. The molecule has 0 bridgehead atoms. The Morgan fingerprint density at radius 3 is 2.64 bits per heavy atom. The summed E-state index contributed by atoms with van der Waals surface area (Å²) in [6, 6.07) is 14.4. The topological polar surface area (TPSA) is 90.1 Å². The zero-order chi connectivity index (χ0) is 25.0. The Morgan fingerprint density at radius 1 is 1.00 bits per heavy atom. The van der Waals surface area contributed by atoms with Crippen molar-refractivity contribution in [1.82, 2.24) is 39.7 Å². The van der Waals surface area contributed by atoms with Crippen LogP contribution in [0.5, 0.6) is 0 Å². The summed E-state index contributed by atoms with van der Waals surface area (Å²) in [5.41, 5.74) is 9.27. The number of hydrogen-bond donors (Lipinski definition) is 1. The minimum Gasteiger partial charge on any atom is -0.343 e. The van der Waals surface area contributed by atoms with Gasteiger partial charge in [0.05, 0.1) is 0 Å². The number of rotatable bonds is 5. The molecule has 9 heteroatoms. The van der Waals surface area contributed by atoms with Crippen molar-refractivity contribution in [1.29, 1.82) is 0 Å². The maximum atomic E-state index is 6.62. The lowest BCUT2D eigenvalue weighted by Gasteiger charge is -2.13. The molecule has 2 aromatic carbocycles. The lowest BCUT2D eigenvalue weighted by molar-refractivity contribution is 0.837. The first-order valence-corrected chi connectivity index (χ1v) is 12.3. The van der Waals surface area contributed by atoms with Crippen molar-refractivity contribution in [3.8, 4) is 17.1 Å². The number of aromatic amines is 1. The Balaban J connectivity index is 1.45. The van der Waals surface area contributed by atoms with E-state index in [0.717, 1.165) is 56.8 Å². The van der Waals surface area contributed by atoms with Gasteiger partial charge >= 0.3 is 0 Å². The Labute approximate surface area is 213 Å². The van der Waals surface area contributed by atoms with Gasteiger partial charge in [0.15, 0.2) is 5.65 Å². The highest BCUT2D eigenvalue weighted by atomic mass is 35.5. The molecule has 0 aliphatic heterocycles. The minimum absolute atomic E-state index is 0.527. The number of H-pyrrole nitrogens is 1. The van der Waals surface area contributed by atoms with Crippen LogP contribution in [-0.2, 0) is 13.0 Å². The van der Waals surface area contributed by atoms with Gasteiger partial charge in [-0.05, 0) is 67.4 Å². The van der Waals surface area contributed by atoms with Gasteiger partial charge in [0.25, 0.3) is 0 Å². The molecule has 0 unspecified atom stereocenters. The summed E-state index contributed by atoms with van der Waals surface area (Å²) in [5, 5.41) is 16.3. The number of imidazole rings is 1. The zero-order valence-corrected chi connectivity index (χ0v) is 21.3. The van der Waals surface area contributed by atoms with E-state index < -0.39 is 0 Å². The van der Waals surface area contributed by atoms with Gasteiger partial charge in [-0.3, -0.25) is 4.57 Å². The zero-order valence-electron chi connectivity index (χ0n) is 20.5. The van der Waals surface area contributed by atoms with E-state index in [-0.39, 0.29) is 0 Å². The van der Waals surface area contributed by atoms with Crippen molar-refractivity contribution < 1.29 is 0 Å². The summed E-state index contributed by atoms with van der Waals surface area (Å²) < 4.78 is 4.38. The van der Waals surface area contributed by atoms with Crippen LogP contribution < -0.4 is 0 Å². The van der Waals surface area contributed by atoms with Crippen LogP contribution in [0.2, 0.25) is 5.02 Å². The molecule has 1 N–H and O–H groups in total. The van der Waals surface area contributed by atoms with Gasteiger partial charge in [-0.2, -0.15) is 5.21 Å². The van der Waals surface area contributed by atoms with Gasteiger partial charge in [-0.15, -0.1) is 10.2 Å². The average Bonchev–Trinajstić information content (AvgIpc) is 3.62. The number of hydrogen-bond acceptors (Lipinski definition) is 5. The highest BCUT2D eigenvalue weighted by Crippen LogP contribution is 2.31. The molecule has 0 atom stereocenters. The number of tetrazole rings is 1. The molecule has 36 heavy (non-hydrogen) atoms. The largest absolute Gasteiger partial charge is 0.343 e. The lowest BCUT2D eigenvalue weighted by atomic mass is 10.1. The molecule has 0 fully saturated rings. The first kappa shape index (κ1) is 22.4. The van der Waals surface area contributed by atoms with Gasteiger partial charge in [0.2, 0.25) is 5.82 Å². The molecule has 4 heterocycles. The smallest absolute Gasteiger partial charge is 0.205 e. The van der Waals surface area contributed by atoms with Crippen LogP contribution in [-0.4, -0.2) is 39.7 Å². The van der Waals surface area contributed by atoms with Crippen LogP contribution in [0.1, 0.15) is 35.1 Å². The molecule has 6 rings (SSSR count). The summed E-state index contributed by atoms with van der Waals surface area (Å²) in [4.78, 5) is 9.88. The first-order chi connectivity index (χ1) is 17.5. The molecule has 4 aromatic heterocycles. The van der Waals surface area contributed by atoms with Crippen molar-refractivity contribution in [2.45, 2.75) is 40.7 Å². The normalized spacial score (nSPS) is 11.7. The number of fused-ring (bicyclic) bond motifs is 2. The fourth-order valence-corrected chi connectivity index (χ4v) is 5.09. The predicted octanol–water partition coefficient (Wildman–Crippen LogP) is 5.74. The molecular formula is C27H25ClN8. The first-order valence-electron chi connectivity index (χ1n) is 11.9. The summed E-state index contributed by atoms with van der Waals surface area (Å²) in [6.45, 7) is 9.02. The van der Waals surface area contributed by atoms with Crippen molar-refractivity contribution in [2.24, 2.45) is 0 Å². The van der Waals surface area contributed by atoms with Crippen LogP contribution >= 0.6 is 11.6 Å². The Kier molecular flexibility index (Phi) is 5.34. The van der Waals surface area contributed by atoms with E-state index in [1.807, 2.05) is 18.2 Å². The van der Waals surface area contributed by atoms with E-state index in [1.54, 1.807) is 0 Å². The lowest BCUT2D eigenvalue weighted by Crippen LogP contribution is -2.03. The summed E-state index contributed by atoms with van der Waals surface area (Å²) >= 11 is 6.62. The van der Waals surface area contributed by atoms with Crippen molar-refractivity contribution >= 4 is 33.7 Å². The number of aryl methyl sites for hydroxylation is 3. The van der Waals surface area contributed by atoms with E-state index >= 15 is 0 Å². The van der Waals surface area contributed by atoms with Gasteiger partial charge in [-0.1, -0.05) is 30.7 Å². The summed E-state index contributed by atoms with van der Waals surface area (Å²) in [7, 11) is 0. The number of benzene rings is 2. The third-order valence-corrected chi connectivity index (χ3v) is 7.37. The fraction of sp³-hybridized carbons (Fsp3) is 0.222. The molecule has 180 valence electrons. The van der Waals surface area contributed by atoms with Crippen LogP contribution in [0.4, 0.5) is 0 Å². The second-order valence-electron chi connectivity index (χ2n) is 9.02. The molecule has 8 nitrogen and oxygen atoms in total. The van der Waals surface area contributed by atoms with Crippen LogP contribution in [0.25, 0.3) is 39.1 Å². The quantitative estimate of drug-likeness (QED) is 0.328. The second kappa shape index (κ2) is 8.57. The third kappa shape index (κ3) is 3.48. The molecule has 0 amide bonds.